The summed E-state index contributed by atoms with van der Waals surface area (Å²) in [6.45, 7) is 6.54. The molecule has 2 nitrogen and oxygen atoms in total. The van der Waals surface area contributed by atoms with Crippen LogP contribution < -0.4 is 5.73 Å². The predicted octanol–water partition coefficient (Wildman–Crippen LogP) is 4.12. The van der Waals surface area contributed by atoms with Gasteiger partial charge < -0.3 is 10.6 Å². The lowest BCUT2D eigenvalue weighted by Gasteiger charge is -2.38. The molecule has 118 valence electrons. The largest absolute Gasteiger partial charge is 0.324 e. The van der Waals surface area contributed by atoms with Gasteiger partial charge in [0.05, 0.1) is 0 Å². The number of piperidine rings is 1. The van der Waals surface area contributed by atoms with Crippen LogP contribution in [0.4, 0.5) is 4.39 Å². The lowest BCUT2D eigenvalue weighted by molar-refractivity contribution is 0.114. The minimum atomic E-state index is -0.226. The summed E-state index contributed by atoms with van der Waals surface area (Å²) < 4.78 is 13.9. The molecule has 3 atom stereocenters. The quantitative estimate of drug-likeness (QED) is 0.854. The zero-order valence-electron chi connectivity index (χ0n) is 13.4. The van der Waals surface area contributed by atoms with E-state index in [4.69, 9.17) is 5.73 Å². The zero-order chi connectivity index (χ0) is 15.2. The van der Waals surface area contributed by atoms with Crippen molar-refractivity contribution < 1.29 is 4.39 Å². The van der Waals surface area contributed by atoms with Gasteiger partial charge in [0.2, 0.25) is 0 Å². The Hall–Kier alpha value is -0.930. The molecule has 1 aliphatic heterocycles. The monoisotopic (exact) mass is 292 g/mol. The molecule has 1 fully saturated rings. The molecule has 0 spiro atoms. The third-order valence-corrected chi connectivity index (χ3v) is 4.77. The van der Waals surface area contributed by atoms with Crippen LogP contribution in [-0.4, -0.2) is 24.0 Å². The van der Waals surface area contributed by atoms with Gasteiger partial charge in [0, 0.05) is 24.2 Å². The third kappa shape index (κ3) is 4.27. The number of hydrogen-bond acceptors (Lipinski definition) is 2. The van der Waals surface area contributed by atoms with Gasteiger partial charge in [-0.15, -0.1) is 0 Å². The fourth-order valence-corrected chi connectivity index (χ4v) is 3.50. The molecule has 0 bridgehead atoms. The highest BCUT2D eigenvalue weighted by Crippen LogP contribution is 2.27. The average molecular weight is 292 g/mol. The Morgan fingerprint density at radius 3 is 2.81 bits per heavy atom. The summed E-state index contributed by atoms with van der Waals surface area (Å²) in [6.07, 6.45) is 6.42. The minimum absolute atomic E-state index is 0.180. The van der Waals surface area contributed by atoms with Crippen LogP contribution in [0.15, 0.2) is 24.3 Å². The lowest BCUT2D eigenvalue weighted by atomic mass is 9.91. The first-order valence-electron chi connectivity index (χ1n) is 8.37. The highest BCUT2D eigenvalue weighted by Gasteiger charge is 2.26. The molecule has 2 rings (SSSR count). The summed E-state index contributed by atoms with van der Waals surface area (Å²) in [4.78, 5) is 2.58. The molecule has 0 saturated carbocycles. The summed E-state index contributed by atoms with van der Waals surface area (Å²) in [5.41, 5.74) is 6.96. The van der Waals surface area contributed by atoms with E-state index in [1.807, 2.05) is 12.1 Å². The lowest BCUT2D eigenvalue weighted by Crippen LogP contribution is -2.43. The number of nitrogens with zero attached hydrogens (tertiary/aromatic N) is 1. The highest BCUT2D eigenvalue weighted by molar-refractivity contribution is 5.21. The van der Waals surface area contributed by atoms with Crippen molar-refractivity contribution in [3.8, 4) is 0 Å². The molecule has 0 amide bonds. The maximum atomic E-state index is 13.9. The van der Waals surface area contributed by atoms with Gasteiger partial charge in [-0.2, -0.15) is 0 Å². The van der Waals surface area contributed by atoms with Crippen LogP contribution in [0.2, 0.25) is 0 Å². The van der Waals surface area contributed by atoms with Gasteiger partial charge in [-0.3, -0.25) is 0 Å². The molecule has 1 aliphatic rings. The number of halogens is 1. The van der Waals surface area contributed by atoms with Crippen LogP contribution in [0.1, 0.15) is 57.6 Å². The van der Waals surface area contributed by atoms with Crippen molar-refractivity contribution >= 4 is 0 Å². The first-order valence-corrected chi connectivity index (χ1v) is 8.37. The van der Waals surface area contributed by atoms with Crippen molar-refractivity contribution in [3.05, 3.63) is 35.6 Å². The SMILES string of the molecule is CCCC1CCCCN1CC(C)C(N)c1ccccc1F. The summed E-state index contributed by atoms with van der Waals surface area (Å²) in [5, 5.41) is 0. The second kappa shape index (κ2) is 7.90. The van der Waals surface area contributed by atoms with E-state index in [0.717, 1.165) is 6.54 Å². The van der Waals surface area contributed by atoms with Gasteiger partial charge in [0.1, 0.15) is 5.82 Å². The van der Waals surface area contributed by atoms with Gasteiger partial charge in [-0.05, 0) is 37.8 Å². The molecule has 1 heterocycles. The number of benzene rings is 1. The molecule has 1 aromatic rings. The summed E-state index contributed by atoms with van der Waals surface area (Å²) in [7, 11) is 0. The van der Waals surface area contributed by atoms with E-state index >= 15 is 0 Å². The summed E-state index contributed by atoms with van der Waals surface area (Å²) in [5.74, 6) is 0.0833. The second-order valence-electron chi connectivity index (χ2n) is 6.46. The Balaban J connectivity index is 1.99. The molecule has 0 aliphatic carbocycles. The van der Waals surface area contributed by atoms with Crippen molar-refractivity contribution in [3.63, 3.8) is 0 Å². The van der Waals surface area contributed by atoms with E-state index in [2.05, 4.69) is 18.7 Å². The minimum Gasteiger partial charge on any atom is -0.324 e. The molecule has 2 N–H and O–H groups in total. The molecule has 0 radical (unpaired) electrons. The van der Waals surface area contributed by atoms with Gasteiger partial charge in [-0.1, -0.05) is 44.9 Å². The Morgan fingerprint density at radius 2 is 2.10 bits per heavy atom. The second-order valence-corrected chi connectivity index (χ2v) is 6.46. The molecular weight excluding hydrogens is 263 g/mol. The van der Waals surface area contributed by atoms with Gasteiger partial charge in [0.25, 0.3) is 0 Å². The Kier molecular flexibility index (Phi) is 6.19. The first-order chi connectivity index (χ1) is 10.1. The van der Waals surface area contributed by atoms with Crippen LogP contribution in [0.3, 0.4) is 0 Å². The number of likely N-dealkylation sites (tertiary alicyclic amines) is 1. The summed E-state index contributed by atoms with van der Waals surface area (Å²) >= 11 is 0. The van der Waals surface area contributed by atoms with Crippen LogP contribution in [0.5, 0.6) is 0 Å². The van der Waals surface area contributed by atoms with Gasteiger partial charge in [-0.25, -0.2) is 4.39 Å². The molecular formula is C18H29FN2. The van der Waals surface area contributed by atoms with Crippen LogP contribution in [0.25, 0.3) is 0 Å². The first kappa shape index (κ1) is 16.4. The standard InChI is InChI=1S/C18H29FN2/c1-3-8-15-9-6-7-12-21(15)13-14(2)18(20)16-10-4-5-11-17(16)19/h4-5,10-11,14-15,18H,3,6-9,12-13,20H2,1-2H3. The van der Waals surface area contributed by atoms with E-state index in [9.17, 15) is 4.39 Å². The zero-order valence-corrected chi connectivity index (χ0v) is 13.4. The predicted molar refractivity (Wildman–Crippen MR) is 86.6 cm³/mol. The van der Waals surface area contributed by atoms with Gasteiger partial charge in [0.15, 0.2) is 0 Å². The molecule has 21 heavy (non-hydrogen) atoms. The highest BCUT2D eigenvalue weighted by atomic mass is 19.1. The Labute approximate surface area is 128 Å². The van der Waals surface area contributed by atoms with Crippen LogP contribution in [0, 0.1) is 11.7 Å². The number of hydrogen-bond donors (Lipinski definition) is 1. The topological polar surface area (TPSA) is 29.3 Å². The Bertz CT molecular complexity index is 433. The molecule has 3 heteroatoms. The van der Waals surface area contributed by atoms with Crippen molar-refractivity contribution in [1.29, 1.82) is 0 Å². The van der Waals surface area contributed by atoms with E-state index in [0.29, 0.717) is 11.6 Å². The van der Waals surface area contributed by atoms with Crippen molar-refractivity contribution in [2.24, 2.45) is 11.7 Å². The fourth-order valence-electron chi connectivity index (χ4n) is 3.50. The smallest absolute Gasteiger partial charge is 0.127 e. The maximum absolute atomic E-state index is 13.9. The van der Waals surface area contributed by atoms with Gasteiger partial charge >= 0.3 is 0 Å². The number of rotatable bonds is 6. The van der Waals surface area contributed by atoms with Crippen molar-refractivity contribution in [1.82, 2.24) is 4.90 Å². The fraction of sp³-hybridized carbons (Fsp3) is 0.667. The van der Waals surface area contributed by atoms with E-state index < -0.39 is 0 Å². The van der Waals surface area contributed by atoms with E-state index in [-0.39, 0.29) is 17.8 Å². The average Bonchev–Trinajstić information content (AvgIpc) is 2.49. The summed E-state index contributed by atoms with van der Waals surface area (Å²) in [6, 6.07) is 7.37. The van der Waals surface area contributed by atoms with Crippen molar-refractivity contribution in [2.75, 3.05) is 13.1 Å². The third-order valence-electron chi connectivity index (χ3n) is 4.77. The van der Waals surface area contributed by atoms with Crippen LogP contribution >= 0.6 is 0 Å². The Morgan fingerprint density at radius 1 is 1.33 bits per heavy atom. The molecule has 1 aromatic carbocycles. The normalized spacial score (nSPS) is 23.0. The molecule has 0 aromatic heterocycles. The molecule has 3 unspecified atom stereocenters. The van der Waals surface area contributed by atoms with Crippen LogP contribution in [-0.2, 0) is 0 Å². The molecule has 1 saturated heterocycles. The maximum Gasteiger partial charge on any atom is 0.127 e. The van der Waals surface area contributed by atoms with E-state index in [1.54, 1.807) is 6.07 Å². The van der Waals surface area contributed by atoms with Crippen molar-refractivity contribution in [2.45, 2.75) is 58.0 Å². The number of nitrogens with two attached hydrogens (primary N) is 1. The van der Waals surface area contributed by atoms with E-state index in [1.165, 1.54) is 44.7 Å².